The van der Waals surface area contributed by atoms with Crippen LogP contribution in [-0.4, -0.2) is 43.4 Å². The van der Waals surface area contributed by atoms with Crippen molar-refractivity contribution in [3.05, 3.63) is 66.0 Å². The first kappa shape index (κ1) is 19.2. The third kappa shape index (κ3) is 4.16. The van der Waals surface area contributed by atoms with Crippen LogP contribution >= 0.6 is 0 Å². The number of nitrogens with zero attached hydrogens (tertiary/aromatic N) is 5. The molecule has 0 saturated carbocycles. The summed E-state index contributed by atoms with van der Waals surface area (Å²) in [6.07, 6.45) is 9.22. The highest BCUT2D eigenvalue weighted by Crippen LogP contribution is 2.26. The molecular formula is C21H21F2N5O. The van der Waals surface area contributed by atoms with E-state index in [1.165, 1.54) is 0 Å². The highest BCUT2D eigenvalue weighted by atomic mass is 19.1. The second-order valence-electron chi connectivity index (χ2n) is 7.36. The average Bonchev–Trinajstić information content (AvgIpc) is 3.13. The van der Waals surface area contributed by atoms with Crippen molar-refractivity contribution >= 4 is 5.91 Å². The largest absolute Gasteiger partial charge is 0.338 e. The predicted octanol–water partition coefficient (Wildman–Crippen LogP) is 3.25. The summed E-state index contributed by atoms with van der Waals surface area (Å²) < 4.78 is 28.9. The summed E-state index contributed by atoms with van der Waals surface area (Å²) >= 11 is 0. The van der Waals surface area contributed by atoms with Crippen molar-refractivity contribution in [1.82, 2.24) is 24.4 Å². The molecule has 0 spiro atoms. The highest BCUT2D eigenvalue weighted by molar-refractivity contribution is 5.94. The summed E-state index contributed by atoms with van der Waals surface area (Å²) in [6.45, 7) is 1.08. The molecule has 1 amide bonds. The maximum atomic E-state index is 13.5. The normalized spacial score (nSPS) is 16.8. The number of hydrogen-bond donors (Lipinski definition) is 0. The van der Waals surface area contributed by atoms with E-state index in [1.807, 2.05) is 11.6 Å². The Balaban J connectivity index is 1.51. The van der Waals surface area contributed by atoms with Crippen molar-refractivity contribution in [3.63, 3.8) is 0 Å². The summed E-state index contributed by atoms with van der Waals surface area (Å²) in [4.78, 5) is 27.6. The van der Waals surface area contributed by atoms with Crippen molar-refractivity contribution in [2.24, 2.45) is 13.0 Å². The molecule has 1 aliphatic rings. The number of likely N-dealkylation sites (tertiary alicyclic amines) is 1. The number of imidazole rings is 1. The van der Waals surface area contributed by atoms with Gasteiger partial charge in [-0.25, -0.2) is 13.8 Å². The van der Waals surface area contributed by atoms with Gasteiger partial charge in [0.25, 0.3) is 5.91 Å². The summed E-state index contributed by atoms with van der Waals surface area (Å²) in [5, 5.41) is 0. The number of aryl methyl sites for hydroxylation is 1. The van der Waals surface area contributed by atoms with Gasteiger partial charge >= 0.3 is 0 Å². The number of rotatable bonds is 4. The first-order valence-electron chi connectivity index (χ1n) is 9.53. The minimum atomic E-state index is -0.748. The zero-order chi connectivity index (χ0) is 20.4. The fourth-order valence-electron chi connectivity index (χ4n) is 3.87. The van der Waals surface area contributed by atoms with Crippen LogP contribution in [0.4, 0.5) is 8.78 Å². The topological polar surface area (TPSA) is 63.9 Å². The lowest BCUT2D eigenvalue weighted by molar-refractivity contribution is 0.0672. The van der Waals surface area contributed by atoms with Crippen LogP contribution in [0.5, 0.6) is 0 Å². The molecule has 0 N–H and O–H groups in total. The Morgan fingerprint density at radius 3 is 2.66 bits per heavy atom. The van der Waals surface area contributed by atoms with Crippen LogP contribution in [-0.2, 0) is 13.5 Å². The fourth-order valence-corrected chi connectivity index (χ4v) is 3.87. The maximum Gasteiger partial charge on any atom is 0.254 e. The number of carbonyl (C=O) groups is 1. The molecule has 2 aromatic heterocycles. The standard InChI is InChI=1S/C21H21F2N5O/c1-27-13-24-11-19(27)20-18(25-4-5-26-20)7-14-3-2-6-28(12-14)21(29)15-8-16(22)10-17(23)9-15/h4-5,8-11,13-14H,2-3,6-7,12H2,1H3/t14-/m0/s1. The average molecular weight is 397 g/mol. The van der Waals surface area contributed by atoms with Gasteiger partial charge in [-0.15, -0.1) is 0 Å². The summed E-state index contributed by atoms with van der Waals surface area (Å²) in [7, 11) is 1.90. The van der Waals surface area contributed by atoms with Gasteiger partial charge in [0.05, 0.1) is 23.9 Å². The molecule has 0 radical (unpaired) electrons. The molecule has 4 rings (SSSR count). The van der Waals surface area contributed by atoms with Gasteiger partial charge < -0.3 is 9.47 Å². The molecule has 6 nitrogen and oxygen atoms in total. The fraction of sp³-hybridized carbons (Fsp3) is 0.333. The Morgan fingerprint density at radius 2 is 1.93 bits per heavy atom. The molecule has 0 unspecified atom stereocenters. The second-order valence-corrected chi connectivity index (χ2v) is 7.36. The number of carbonyl (C=O) groups excluding carboxylic acids is 1. The Kier molecular flexibility index (Phi) is 5.33. The number of aromatic nitrogens is 4. The Labute approximate surface area is 167 Å². The summed E-state index contributed by atoms with van der Waals surface area (Å²) in [5.41, 5.74) is 2.56. The number of amides is 1. The van der Waals surface area contributed by atoms with E-state index in [9.17, 15) is 13.6 Å². The maximum absolute atomic E-state index is 13.5. The first-order chi connectivity index (χ1) is 14.0. The van der Waals surface area contributed by atoms with Crippen molar-refractivity contribution in [1.29, 1.82) is 0 Å². The van der Waals surface area contributed by atoms with Crippen molar-refractivity contribution < 1.29 is 13.6 Å². The van der Waals surface area contributed by atoms with E-state index in [0.717, 1.165) is 48.1 Å². The van der Waals surface area contributed by atoms with Crippen molar-refractivity contribution in [3.8, 4) is 11.4 Å². The monoisotopic (exact) mass is 397 g/mol. The van der Waals surface area contributed by atoms with Crippen LogP contribution < -0.4 is 0 Å². The minimum Gasteiger partial charge on any atom is -0.338 e. The van der Waals surface area contributed by atoms with Gasteiger partial charge in [0.1, 0.15) is 17.3 Å². The number of hydrogen-bond acceptors (Lipinski definition) is 4. The van der Waals surface area contributed by atoms with Crippen LogP contribution in [0.3, 0.4) is 0 Å². The number of piperidine rings is 1. The molecule has 3 heterocycles. The summed E-state index contributed by atoms with van der Waals surface area (Å²) in [5.74, 6) is -1.65. The van der Waals surface area contributed by atoms with Crippen LogP contribution in [0.15, 0.2) is 43.1 Å². The quantitative estimate of drug-likeness (QED) is 0.678. The van der Waals surface area contributed by atoms with E-state index >= 15 is 0 Å². The molecule has 1 fully saturated rings. The summed E-state index contributed by atoms with van der Waals surface area (Å²) in [6, 6.07) is 2.93. The van der Waals surface area contributed by atoms with E-state index in [-0.39, 0.29) is 17.4 Å². The highest BCUT2D eigenvalue weighted by Gasteiger charge is 2.26. The van der Waals surface area contributed by atoms with Crippen LogP contribution in [0, 0.1) is 17.6 Å². The third-order valence-corrected chi connectivity index (χ3v) is 5.23. The predicted molar refractivity (Wildman–Crippen MR) is 103 cm³/mol. The van der Waals surface area contributed by atoms with Crippen LogP contribution in [0.2, 0.25) is 0 Å². The van der Waals surface area contributed by atoms with Crippen molar-refractivity contribution in [2.75, 3.05) is 13.1 Å². The van der Waals surface area contributed by atoms with Gasteiger partial charge in [0.2, 0.25) is 0 Å². The Hall–Kier alpha value is -3.16. The second kappa shape index (κ2) is 8.06. The van der Waals surface area contributed by atoms with E-state index in [1.54, 1.807) is 29.8 Å². The number of halogens is 2. The lowest BCUT2D eigenvalue weighted by atomic mass is 9.92. The molecule has 1 saturated heterocycles. The lowest BCUT2D eigenvalue weighted by Crippen LogP contribution is -2.40. The van der Waals surface area contributed by atoms with Gasteiger partial charge in [-0.1, -0.05) is 0 Å². The first-order valence-corrected chi connectivity index (χ1v) is 9.53. The van der Waals surface area contributed by atoms with Gasteiger partial charge in [-0.2, -0.15) is 0 Å². The molecule has 0 aliphatic carbocycles. The molecule has 1 aliphatic heterocycles. The molecule has 1 atom stereocenters. The van der Waals surface area contributed by atoms with E-state index < -0.39 is 11.6 Å². The molecule has 8 heteroatoms. The van der Waals surface area contributed by atoms with Gasteiger partial charge in [0, 0.05) is 44.2 Å². The van der Waals surface area contributed by atoms with Crippen molar-refractivity contribution in [2.45, 2.75) is 19.3 Å². The van der Waals surface area contributed by atoms with Gasteiger partial charge in [-0.05, 0) is 37.3 Å². The van der Waals surface area contributed by atoms with Gasteiger partial charge in [0.15, 0.2) is 0 Å². The third-order valence-electron chi connectivity index (χ3n) is 5.23. The smallest absolute Gasteiger partial charge is 0.254 e. The molecule has 29 heavy (non-hydrogen) atoms. The molecule has 150 valence electrons. The van der Waals surface area contributed by atoms with Crippen LogP contribution in [0.1, 0.15) is 28.9 Å². The zero-order valence-electron chi connectivity index (χ0n) is 16.1. The molecule has 1 aromatic carbocycles. The Morgan fingerprint density at radius 1 is 1.17 bits per heavy atom. The van der Waals surface area contributed by atoms with E-state index in [4.69, 9.17) is 0 Å². The van der Waals surface area contributed by atoms with E-state index in [0.29, 0.717) is 19.5 Å². The zero-order valence-corrected chi connectivity index (χ0v) is 16.1. The molecule has 0 bridgehead atoms. The molecular weight excluding hydrogens is 376 g/mol. The SMILES string of the molecule is Cn1cncc1-c1nccnc1C[C@@H]1CCCN(C(=O)c2cc(F)cc(F)c2)C1. The van der Waals surface area contributed by atoms with Crippen LogP contribution in [0.25, 0.3) is 11.4 Å². The molecule has 3 aromatic rings. The minimum absolute atomic E-state index is 0.0400. The van der Waals surface area contributed by atoms with E-state index in [2.05, 4.69) is 15.0 Å². The van der Waals surface area contributed by atoms with Gasteiger partial charge in [-0.3, -0.25) is 14.8 Å². The number of benzene rings is 1. The lowest BCUT2D eigenvalue weighted by Gasteiger charge is -2.33. The Bertz CT molecular complexity index is 1020.